The number of hydrazone groups is 1. The van der Waals surface area contributed by atoms with E-state index in [4.69, 9.17) is 30.5 Å². The number of pyridine rings is 1. The Kier molecular flexibility index (Phi) is 12.8. The van der Waals surface area contributed by atoms with Crippen LogP contribution in [0.2, 0.25) is 4.44 Å². The number of unbranched alkanes of at least 4 members (excludes halogenated alkanes) is 1. The number of nitrogens with one attached hydrogen (secondary N) is 1. The van der Waals surface area contributed by atoms with Gasteiger partial charge in [-0.2, -0.15) is 5.10 Å². The standard InChI is InChI=1S/C14H13N5O2S.C4H9.2ClH.Sn/c1-10(11-6-4-5-9-15-11)17-18-14(22)16-12-7-2-3-8-13(12)19(20)21;1-3-4-2;;;/h2-9H,1H3,(H2,16,18,22);1,3-4H2,2H3;2*1H;/q;;;;+3/p-3/b17-10+;;;;. The zero-order valence-electron chi connectivity index (χ0n) is 16.0. The van der Waals surface area contributed by atoms with Crippen LogP contribution in [-0.2, 0) is 12.6 Å². The van der Waals surface area contributed by atoms with E-state index >= 15 is 0 Å². The number of halogens is 2. The molecule has 1 N–H and O–H groups in total. The molecule has 29 heavy (non-hydrogen) atoms. The Bertz CT molecular complexity index is 838. The van der Waals surface area contributed by atoms with Gasteiger partial charge in [-0.1, -0.05) is 18.2 Å². The van der Waals surface area contributed by atoms with E-state index in [1.54, 1.807) is 31.3 Å². The molecule has 0 spiro atoms. The third-order valence-corrected chi connectivity index (χ3v) is 8.18. The first-order valence-corrected chi connectivity index (χ1v) is 18.4. The van der Waals surface area contributed by atoms with Crippen LogP contribution >= 0.6 is 17.8 Å². The molecule has 0 atom stereocenters. The number of aliphatic imine (C=N–C) groups is 1. The zero-order chi connectivity index (χ0) is 21.6. The molecular formula is C18H21Cl2N5O2SSn. The molecule has 0 aliphatic carbocycles. The summed E-state index contributed by atoms with van der Waals surface area (Å²) in [6, 6.07) is 11.6. The zero-order valence-corrected chi connectivity index (χ0v) is 21.2. The van der Waals surface area contributed by atoms with Crippen molar-refractivity contribution in [3.05, 3.63) is 64.5 Å². The second-order valence-electron chi connectivity index (χ2n) is 5.63. The number of nitrogens with zero attached hydrogens (tertiary/aromatic N) is 4. The van der Waals surface area contributed by atoms with Crippen LogP contribution in [0.4, 0.5) is 11.4 Å². The van der Waals surface area contributed by atoms with Crippen molar-refractivity contribution < 1.29 is 4.92 Å². The van der Waals surface area contributed by atoms with Crippen molar-refractivity contribution in [3.63, 3.8) is 0 Å². The van der Waals surface area contributed by atoms with Gasteiger partial charge in [-0.3, -0.25) is 25.5 Å². The average Bonchev–Trinajstić information content (AvgIpc) is 2.71. The van der Waals surface area contributed by atoms with Crippen molar-refractivity contribution in [3.8, 4) is 0 Å². The maximum absolute atomic E-state index is 10.9. The van der Waals surface area contributed by atoms with Crippen molar-refractivity contribution in [1.29, 1.82) is 0 Å². The monoisotopic (exact) mass is 561 g/mol. The topological polar surface area (TPSA) is 92.8 Å². The predicted molar refractivity (Wildman–Crippen MR) is 124 cm³/mol. The Morgan fingerprint density at radius 2 is 1.97 bits per heavy atom. The van der Waals surface area contributed by atoms with Crippen LogP contribution in [0.15, 0.2) is 58.8 Å². The number of rotatable bonds is 7. The van der Waals surface area contributed by atoms with Gasteiger partial charge in [0, 0.05) is 17.4 Å². The van der Waals surface area contributed by atoms with Crippen LogP contribution < -0.4 is 5.43 Å². The van der Waals surface area contributed by atoms with Crippen molar-refractivity contribution in [2.75, 3.05) is 0 Å². The Morgan fingerprint density at radius 3 is 2.52 bits per heavy atom. The third kappa shape index (κ3) is 10.7. The van der Waals surface area contributed by atoms with Crippen LogP contribution in [0.1, 0.15) is 32.4 Å². The molecule has 0 saturated heterocycles. The summed E-state index contributed by atoms with van der Waals surface area (Å²) in [6.45, 7) is 3.92. The van der Waals surface area contributed by atoms with Gasteiger partial charge in [0.2, 0.25) is 0 Å². The summed E-state index contributed by atoms with van der Waals surface area (Å²) in [5.41, 5.74) is 3.97. The minimum atomic E-state index is -1.70. The van der Waals surface area contributed by atoms with Gasteiger partial charge in [-0.15, -0.1) is 0 Å². The molecule has 1 aromatic carbocycles. The molecule has 11 heteroatoms. The molecule has 0 radical (unpaired) electrons. The molecule has 0 aliphatic rings. The van der Waals surface area contributed by atoms with Crippen LogP contribution in [-0.4, -0.2) is 38.3 Å². The van der Waals surface area contributed by atoms with E-state index in [2.05, 4.69) is 27.4 Å². The molecule has 0 aliphatic heterocycles. The normalized spacial score (nSPS) is 11.3. The van der Waals surface area contributed by atoms with E-state index in [9.17, 15) is 10.1 Å². The van der Waals surface area contributed by atoms with Gasteiger partial charge in [0.1, 0.15) is 5.69 Å². The van der Waals surface area contributed by atoms with E-state index in [0.717, 1.165) is 4.44 Å². The molecule has 154 valence electrons. The number of benzene rings is 1. The fourth-order valence-electron chi connectivity index (χ4n) is 1.92. The van der Waals surface area contributed by atoms with Crippen molar-refractivity contribution in [1.82, 2.24) is 10.4 Å². The van der Waals surface area contributed by atoms with E-state index in [-0.39, 0.29) is 16.5 Å². The fraction of sp³-hybridized carbons (Fsp3) is 0.278. The fourth-order valence-corrected chi connectivity index (χ4v) is 5.63. The molecule has 2 rings (SSSR count). The molecule has 0 bridgehead atoms. The average molecular weight is 561 g/mol. The van der Waals surface area contributed by atoms with Gasteiger partial charge in [-0.25, -0.2) is 0 Å². The number of nitro benzene ring substituents is 1. The van der Waals surface area contributed by atoms with Gasteiger partial charge in [0.05, 0.1) is 16.3 Å². The molecule has 2 aromatic rings. The summed E-state index contributed by atoms with van der Waals surface area (Å²) in [5, 5.41) is 15.0. The predicted octanol–water partition coefficient (Wildman–Crippen LogP) is 5.29. The summed E-state index contributed by atoms with van der Waals surface area (Å²) in [4.78, 5) is 18.5. The Morgan fingerprint density at radius 1 is 1.28 bits per heavy atom. The second-order valence-corrected chi connectivity index (χ2v) is 16.8. The first-order chi connectivity index (χ1) is 13.8. The molecule has 0 fully saturated rings. The third-order valence-electron chi connectivity index (χ3n) is 3.37. The number of amidine groups is 1. The first kappa shape index (κ1) is 25.5. The van der Waals surface area contributed by atoms with Gasteiger partial charge in [-0.05, 0) is 25.1 Å². The molecule has 7 nitrogen and oxygen atoms in total. The van der Waals surface area contributed by atoms with Gasteiger partial charge >= 0.3 is 59.6 Å². The number of para-hydroxylation sites is 2. The maximum atomic E-state index is 10.9. The summed E-state index contributed by atoms with van der Waals surface area (Å²) in [6.07, 6.45) is 4.11. The molecule has 1 aromatic heterocycles. The van der Waals surface area contributed by atoms with Crippen LogP contribution in [0.25, 0.3) is 0 Å². The van der Waals surface area contributed by atoms with Gasteiger partial charge < -0.3 is 12.6 Å². The van der Waals surface area contributed by atoms with Gasteiger partial charge in [0.15, 0.2) is 0 Å². The van der Waals surface area contributed by atoms with Crippen LogP contribution in [0.5, 0.6) is 0 Å². The van der Waals surface area contributed by atoms with Crippen molar-refractivity contribution in [2.45, 2.75) is 31.1 Å². The summed E-state index contributed by atoms with van der Waals surface area (Å²) >= 11 is 3.33. The summed E-state index contributed by atoms with van der Waals surface area (Å²) in [7, 11) is 11.2. The number of hydrogen-bond donors (Lipinski definition) is 1. The van der Waals surface area contributed by atoms with E-state index in [1.165, 1.54) is 25.0 Å². The molecule has 0 unspecified atom stereocenters. The molecular weight excluding hydrogens is 540 g/mol. The Hall–Kier alpha value is -1.49. The summed E-state index contributed by atoms with van der Waals surface area (Å²) in [5.74, 6) is 0. The minimum absolute atomic E-state index is 0.0320. The summed E-state index contributed by atoms with van der Waals surface area (Å²) < 4.78 is 1.13. The van der Waals surface area contributed by atoms with E-state index in [1.807, 2.05) is 12.1 Å². The first-order valence-electron chi connectivity index (χ1n) is 8.72. The van der Waals surface area contributed by atoms with E-state index in [0.29, 0.717) is 11.4 Å². The Labute approximate surface area is 190 Å². The number of hydrogen-bond acceptors (Lipinski definition) is 6. The molecule has 0 amide bonds. The van der Waals surface area contributed by atoms with E-state index < -0.39 is 22.4 Å². The van der Waals surface area contributed by atoms with Crippen molar-refractivity contribution in [2.24, 2.45) is 10.1 Å². The Balaban J connectivity index is 0.000000516. The van der Waals surface area contributed by atoms with Crippen LogP contribution in [0, 0.1) is 10.1 Å². The van der Waals surface area contributed by atoms with Crippen molar-refractivity contribution >= 4 is 70.2 Å². The molecule has 0 saturated carbocycles. The second kappa shape index (κ2) is 14.5. The van der Waals surface area contributed by atoms with Gasteiger partial charge in [0.25, 0.3) is 5.69 Å². The number of aromatic nitrogens is 1. The SMILES string of the molecule is C/C(=N\NC([S-])=Nc1ccccc1[N+](=O)[O-])c1ccccn1.CCC[CH2][Sn+]([Cl])[Cl]. The quantitative estimate of drug-likeness (QED) is 0.124. The number of nitro groups is 1. The van der Waals surface area contributed by atoms with Crippen LogP contribution in [0.3, 0.4) is 0 Å². The molecule has 1 heterocycles.